The van der Waals surface area contributed by atoms with E-state index in [1.807, 2.05) is 47.4 Å². The fraction of sp³-hybridized carbons (Fsp3) is 0.292. The molecule has 0 radical (unpaired) electrons. The Morgan fingerprint density at radius 1 is 1.28 bits per heavy atom. The van der Waals surface area contributed by atoms with Crippen molar-refractivity contribution in [2.75, 3.05) is 13.7 Å². The number of nitrogens with two attached hydrogens (primary N) is 1. The van der Waals surface area contributed by atoms with Gasteiger partial charge in [0, 0.05) is 27.9 Å². The number of benzene rings is 2. The predicted molar refractivity (Wildman–Crippen MR) is 128 cm³/mol. The van der Waals surface area contributed by atoms with E-state index >= 15 is 0 Å². The van der Waals surface area contributed by atoms with Crippen LogP contribution < -0.4 is 5.73 Å². The number of fused-ring (bicyclic) bond motifs is 1. The first-order chi connectivity index (χ1) is 15.4. The Kier molecular flexibility index (Phi) is 6.48. The van der Waals surface area contributed by atoms with Crippen LogP contribution in [0.25, 0.3) is 10.1 Å². The second-order valence-electron chi connectivity index (χ2n) is 7.95. The van der Waals surface area contributed by atoms with Crippen LogP contribution in [0.15, 0.2) is 48.5 Å². The molecule has 2 aromatic carbocycles. The molecule has 1 fully saturated rings. The van der Waals surface area contributed by atoms with Crippen LogP contribution in [0.2, 0.25) is 5.02 Å². The van der Waals surface area contributed by atoms with Gasteiger partial charge in [0.1, 0.15) is 5.84 Å². The van der Waals surface area contributed by atoms with Gasteiger partial charge in [-0.1, -0.05) is 35.9 Å². The smallest absolute Gasteiger partial charge is 0.311 e. The number of amidine groups is 1. The highest BCUT2D eigenvalue weighted by Gasteiger charge is 2.39. The zero-order valence-corrected chi connectivity index (χ0v) is 19.2. The number of nitrogens with one attached hydrogen (secondary N) is 1. The number of hydrogen-bond donors (Lipinski definition) is 2. The molecule has 2 atom stereocenters. The molecule has 0 spiro atoms. The Hall–Kier alpha value is -2.90. The number of hydrogen-bond acceptors (Lipinski definition) is 5. The number of carbonyl (C=O) groups is 2. The highest BCUT2D eigenvalue weighted by Crippen LogP contribution is 2.33. The van der Waals surface area contributed by atoms with Crippen LogP contribution in [0.4, 0.5) is 0 Å². The number of rotatable bonds is 6. The van der Waals surface area contributed by atoms with Crippen LogP contribution in [0.1, 0.15) is 33.6 Å². The van der Waals surface area contributed by atoms with Crippen molar-refractivity contribution in [3.63, 3.8) is 0 Å². The summed E-state index contributed by atoms with van der Waals surface area (Å²) in [6, 6.07) is 14.5. The number of amides is 1. The topological polar surface area (TPSA) is 96.5 Å². The lowest BCUT2D eigenvalue weighted by Crippen LogP contribution is -2.44. The third kappa shape index (κ3) is 4.49. The molecule has 4 rings (SSSR count). The van der Waals surface area contributed by atoms with E-state index in [0.717, 1.165) is 28.5 Å². The van der Waals surface area contributed by atoms with E-state index in [-0.39, 0.29) is 23.8 Å². The van der Waals surface area contributed by atoms with Crippen molar-refractivity contribution in [1.29, 1.82) is 5.41 Å². The van der Waals surface area contributed by atoms with E-state index in [2.05, 4.69) is 0 Å². The molecule has 3 N–H and O–H groups in total. The SMILES string of the molecule is COC(=O)C(Cc1cccc(C(=N)N)c1)C1CCCN1C(=O)c1cc2ccc(Cl)cc2s1. The van der Waals surface area contributed by atoms with E-state index in [4.69, 9.17) is 27.5 Å². The number of esters is 1. The van der Waals surface area contributed by atoms with Crippen LogP contribution in [0.5, 0.6) is 0 Å². The molecule has 1 aromatic heterocycles. The highest BCUT2D eigenvalue weighted by atomic mass is 35.5. The zero-order valence-electron chi connectivity index (χ0n) is 17.6. The summed E-state index contributed by atoms with van der Waals surface area (Å²) in [4.78, 5) is 28.6. The molecule has 8 heteroatoms. The first kappa shape index (κ1) is 22.3. The van der Waals surface area contributed by atoms with Crippen molar-refractivity contribution in [1.82, 2.24) is 4.90 Å². The summed E-state index contributed by atoms with van der Waals surface area (Å²) in [5.41, 5.74) is 7.11. The Bertz CT molecular complexity index is 1190. The lowest BCUT2D eigenvalue weighted by atomic mass is 9.89. The largest absolute Gasteiger partial charge is 0.469 e. The standard InChI is InChI=1S/C24H24ClN3O3S/c1-31-24(30)18(11-14-4-2-5-16(10-14)22(26)27)19-6-3-9-28(19)23(29)21-12-15-7-8-17(25)13-20(15)32-21/h2,4-5,7-8,10,12-13,18-19H,3,6,9,11H2,1H3,(H3,26,27). The molecule has 0 bridgehead atoms. The van der Waals surface area contributed by atoms with Gasteiger partial charge in [0.05, 0.1) is 17.9 Å². The highest BCUT2D eigenvalue weighted by molar-refractivity contribution is 7.20. The van der Waals surface area contributed by atoms with Gasteiger partial charge in [-0.15, -0.1) is 11.3 Å². The summed E-state index contributed by atoms with van der Waals surface area (Å²) >= 11 is 7.51. The molecule has 32 heavy (non-hydrogen) atoms. The maximum absolute atomic E-state index is 13.4. The first-order valence-corrected chi connectivity index (χ1v) is 11.6. The average molecular weight is 470 g/mol. The van der Waals surface area contributed by atoms with E-state index in [0.29, 0.717) is 28.4 Å². The summed E-state index contributed by atoms with van der Waals surface area (Å²) in [5.74, 6) is -0.941. The predicted octanol–water partition coefficient (Wildman–Crippen LogP) is 4.48. The molecule has 1 aliphatic rings. The average Bonchev–Trinajstić information content (AvgIpc) is 3.43. The molecule has 0 aliphatic carbocycles. The molecule has 0 saturated carbocycles. The third-order valence-corrected chi connectivity index (χ3v) is 7.24. The van der Waals surface area contributed by atoms with Gasteiger partial charge in [0.15, 0.2) is 0 Å². The molecule has 3 aromatic rings. The number of nitrogen functional groups attached to an aromatic ring is 1. The second kappa shape index (κ2) is 9.30. The second-order valence-corrected chi connectivity index (χ2v) is 9.47. The van der Waals surface area contributed by atoms with Crippen molar-refractivity contribution in [2.45, 2.75) is 25.3 Å². The van der Waals surface area contributed by atoms with Gasteiger partial charge in [-0.05, 0) is 54.5 Å². The first-order valence-electron chi connectivity index (χ1n) is 10.4. The minimum atomic E-state index is -0.502. The van der Waals surface area contributed by atoms with Crippen molar-refractivity contribution in [3.05, 3.63) is 69.6 Å². The lowest BCUT2D eigenvalue weighted by molar-refractivity contribution is -0.147. The number of nitrogens with zero attached hydrogens (tertiary/aromatic N) is 1. The summed E-state index contributed by atoms with van der Waals surface area (Å²) in [6.07, 6.45) is 1.97. The van der Waals surface area contributed by atoms with E-state index in [1.54, 1.807) is 6.07 Å². The van der Waals surface area contributed by atoms with Gasteiger partial charge in [0.25, 0.3) is 5.91 Å². The molecule has 1 saturated heterocycles. The van der Waals surface area contributed by atoms with E-state index in [1.165, 1.54) is 18.4 Å². The molecule has 2 unspecified atom stereocenters. The van der Waals surface area contributed by atoms with Gasteiger partial charge < -0.3 is 15.4 Å². The summed E-state index contributed by atoms with van der Waals surface area (Å²) < 4.78 is 6.07. The van der Waals surface area contributed by atoms with Gasteiger partial charge in [-0.2, -0.15) is 0 Å². The van der Waals surface area contributed by atoms with Crippen LogP contribution in [-0.4, -0.2) is 42.3 Å². The summed E-state index contributed by atoms with van der Waals surface area (Å²) in [7, 11) is 1.37. The van der Waals surface area contributed by atoms with E-state index < -0.39 is 5.92 Å². The van der Waals surface area contributed by atoms with Crippen molar-refractivity contribution in [2.24, 2.45) is 11.7 Å². The number of halogens is 1. The maximum atomic E-state index is 13.4. The van der Waals surface area contributed by atoms with Crippen molar-refractivity contribution < 1.29 is 14.3 Å². The summed E-state index contributed by atoms with van der Waals surface area (Å²) in [6.45, 7) is 0.597. The van der Waals surface area contributed by atoms with Crippen molar-refractivity contribution >= 4 is 50.7 Å². The third-order valence-electron chi connectivity index (χ3n) is 5.92. The van der Waals surface area contributed by atoms with Crippen LogP contribution in [-0.2, 0) is 16.0 Å². The molecule has 1 aliphatic heterocycles. The summed E-state index contributed by atoms with van der Waals surface area (Å²) in [5, 5.41) is 9.28. The van der Waals surface area contributed by atoms with Crippen LogP contribution >= 0.6 is 22.9 Å². The Balaban J connectivity index is 1.61. The normalized spacial score (nSPS) is 16.8. The molecular formula is C24H24ClN3O3S. The number of thiophene rings is 1. The lowest BCUT2D eigenvalue weighted by Gasteiger charge is -2.30. The fourth-order valence-corrected chi connectivity index (χ4v) is 5.66. The quantitative estimate of drug-likeness (QED) is 0.316. The van der Waals surface area contributed by atoms with Crippen molar-refractivity contribution in [3.8, 4) is 0 Å². The number of likely N-dealkylation sites (tertiary alicyclic amines) is 1. The molecular weight excluding hydrogens is 446 g/mol. The van der Waals surface area contributed by atoms with Gasteiger partial charge in [-0.25, -0.2) is 0 Å². The fourth-order valence-electron chi connectivity index (χ4n) is 4.36. The molecule has 166 valence electrons. The Labute approximate surface area is 195 Å². The number of methoxy groups -OCH3 is 1. The van der Waals surface area contributed by atoms with Crippen LogP contribution in [0.3, 0.4) is 0 Å². The molecule has 6 nitrogen and oxygen atoms in total. The van der Waals surface area contributed by atoms with E-state index in [9.17, 15) is 9.59 Å². The minimum absolute atomic E-state index is 0.0241. The molecule has 1 amide bonds. The Morgan fingerprint density at radius 3 is 2.84 bits per heavy atom. The minimum Gasteiger partial charge on any atom is -0.469 e. The van der Waals surface area contributed by atoms with Crippen LogP contribution in [0, 0.1) is 11.3 Å². The molecule has 2 heterocycles. The maximum Gasteiger partial charge on any atom is 0.311 e. The monoisotopic (exact) mass is 469 g/mol. The number of carbonyl (C=O) groups excluding carboxylic acids is 2. The van der Waals surface area contributed by atoms with Gasteiger partial charge in [-0.3, -0.25) is 15.0 Å². The van der Waals surface area contributed by atoms with Gasteiger partial charge >= 0.3 is 5.97 Å². The number of ether oxygens (including phenoxy) is 1. The van der Waals surface area contributed by atoms with Gasteiger partial charge in [0.2, 0.25) is 0 Å². The zero-order chi connectivity index (χ0) is 22.8. The Morgan fingerprint density at radius 2 is 2.09 bits per heavy atom.